The topological polar surface area (TPSA) is 90.8 Å². The monoisotopic (exact) mass is 427 g/mol. The summed E-state index contributed by atoms with van der Waals surface area (Å²) in [4.78, 5) is 46.7. The van der Waals surface area contributed by atoms with Crippen LogP contribution < -0.4 is 5.56 Å². The molecule has 1 N–H and O–H groups in total. The lowest BCUT2D eigenvalue weighted by molar-refractivity contribution is -0.140. The molecule has 0 saturated carbocycles. The molecule has 31 heavy (non-hydrogen) atoms. The summed E-state index contributed by atoms with van der Waals surface area (Å²) in [6.07, 6.45) is 3.82. The fraction of sp³-hybridized carbons (Fsp3) is 0.652. The van der Waals surface area contributed by atoms with E-state index in [1.54, 1.807) is 4.90 Å². The second-order valence-electron chi connectivity index (χ2n) is 9.90. The van der Waals surface area contributed by atoms with Crippen molar-refractivity contribution in [2.45, 2.75) is 72.3 Å². The molecular weight excluding hydrogens is 394 g/mol. The van der Waals surface area contributed by atoms with Crippen LogP contribution in [0.5, 0.6) is 0 Å². The van der Waals surface area contributed by atoms with Crippen LogP contribution in [0.4, 0.5) is 0 Å². The molecule has 0 aliphatic carbocycles. The van der Waals surface area contributed by atoms with Gasteiger partial charge in [-0.25, -0.2) is 9.50 Å². The van der Waals surface area contributed by atoms with Crippen molar-refractivity contribution >= 4 is 17.5 Å². The Morgan fingerprint density at radius 1 is 1.23 bits per heavy atom. The van der Waals surface area contributed by atoms with E-state index >= 15 is 0 Å². The number of nitrogens with one attached hydrogen (secondary N) is 1. The minimum Gasteiger partial charge on any atom is -0.342 e. The standard InChI is InChI=1S/C23H33N5O3/c1-5-7-20(29)26-11-9-17-16(14-26)21(30)28-19(24-17)12-18(25-28)15-8-6-10-27(13-15)22(31)23(2,3)4/h12,15,25H,5-11,13-14H2,1-4H3/t15-/m1/s1. The Hall–Kier alpha value is -2.64. The normalized spacial score (nSPS) is 19.5. The molecule has 4 heterocycles. The maximum absolute atomic E-state index is 13.2. The number of fused-ring (bicyclic) bond motifs is 2. The molecule has 0 spiro atoms. The third-order valence-corrected chi connectivity index (χ3v) is 6.39. The second-order valence-corrected chi connectivity index (χ2v) is 9.90. The Balaban J connectivity index is 1.61. The molecule has 8 nitrogen and oxygen atoms in total. The number of carbonyl (C=O) groups excluding carboxylic acids is 2. The predicted molar refractivity (Wildman–Crippen MR) is 118 cm³/mol. The van der Waals surface area contributed by atoms with Gasteiger partial charge in [0.05, 0.1) is 17.8 Å². The van der Waals surface area contributed by atoms with E-state index in [0.29, 0.717) is 43.7 Å². The van der Waals surface area contributed by atoms with Crippen molar-refractivity contribution in [3.8, 4) is 0 Å². The molecule has 8 heteroatoms. The van der Waals surface area contributed by atoms with Gasteiger partial charge in [0, 0.05) is 55.6 Å². The second kappa shape index (κ2) is 8.13. The fourth-order valence-electron chi connectivity index (χ4n) is 4.68. The molecule has 0 aromatic carbocycles. The van der Waals surface area contributed by atoms with Crippen LogP contribution in [0.25, 0.3) is 5.65 Å². The molecule has 1 fully saturated rings. The molecule has 2 aliphatic rings. The molecule has 4 rings (SSSR count). The molecule has 1 atom stereocenters. The van der Waals surface area contributed by atoms with Gasteiger partial charge in [-0.2, -0.15) is 0 Å². The number of aromatic nitrogens is 3. The fourth-order valence-corrected chi connectivity index (χ4v) is 4.68. The van der Waals surface area contributed by atoms with Crippen molar-refractivity contribution in [3.05, 3.63) is 33.4 Å². The average Bonchev–Trinajstić information content (AvgIpc) is 3.17. The van der Waals surface area contributed by atoms with Gasteiger partial charge in [0.25, 0.3) is 5.56 Å². The number of piperidine rings is 1. The van der Waals surface area contributed by atoms with Crippen molar-refractivity contribution < 1.29 is 9.59 Å². The first-order chi connectivity index (χ1) is 14.7. The lowest BCUT2D eigenvalue weighted by atomic mass is 9.90. The molecule has 2 aromatic heterocycles. The molecule has 2 aliphatic heterocycles. The van der Waals surface area contributed by atoms with Gasteiger partial charge >= 0.3 is 0 Å². The van der Waals surface area contributed by atoms with E-state index in [-0.39, 0.29) is 23.3 Å². The van der Waals surface area contributed by atoms with Gasteiger partial charge < -0.3 is 9.80 Å². The van der Waals surface area contributed by atoms with Crippen molar-refractivity contribution in [2.75, 3.05) is 19.6 Å². The molecule has 1 saturated heterocycles. The van der Waals surface area contributed by atoms with E-state index < -0.39 is 5.41 Å². The molecule has 2 aromatic rings. The summed E-state index contributed by atoms with van der Waals surface area (Å²) in [5, 5.41) is 3.25. The first-order valence-electron chi connectivity index (χ1n) is 11.4. The van der Waals surface area contributed by atoms with Crippen LogP contribution in [0.1, 0.15) is 76.2 Å². The van der Waals surface area contributed by atoms with E-state index in [1.807, 2.05) is 38.7 Å². The molecule has 168 valence electrons. The van der Waals surface area contributed by atoms with E-state index in [2.05, 4.69) is 5.10 Å². The molecule has 0 unspecified atom stereocenters. The van der Waals surface area contributed by atoms with Crippen LogP contribution in [-0.2, 0) is 22.6 Å². The number of hydrogen-bond acceptors (Lipinski definition) is 4. The van der Waals surface area contributed by atoms with E-state index in [4.69, 9.17) is 4.98 Å². The Bertz CT molecular complexity index is 1060. The number of aromatic amines is 1. The lowest BCUT2D eigenvalue weighted by Crippen LogP contribution is -2.44. The number of rotatable bonds is 3. The molecule has 2 amide bonds. The quantitative estimate of drug-likeness (QED) is 0.815. The largest absolute Gasteiger partial charge is 0.342 e. The third kappa shape index (κ3) is 4.12. The van der Waals surface area contributed by atoms with Gasteiger partial charge in [0.1, 0.15) is 0 Å². The van der Waals surface area contributed by atoms with Gasteiger partial charge in [0.15, 0.2) is 5.65 Å². The van der Waals surface area contributed by atoms with Gasteiger partial charge in [-0.3, -0.25) is 19.5 Å². The first-order valence-corrected chi connectivity index (χ1v) is 11.4. The SMILES string of the molecule is CCCC(=O)N1CCc2nc3cc([C@@H]4CCCN(C(=O)C(C)(C)C)C4)[nH]n3c(=O)c2C1. The number of amides is 2. The zero-order valence-electron chi connectivity index (χ0n) is 19.0. The maximum Gasteiger partial charge on any atom is 0.277 e. The zero-order chi connectivity index (χ0) is 22.3. The van der Waals surface area contributed by atoms with E-state index in [1.165, 1.54) is 4.52 Å². The van der Waals surface area contributed by atoms with Crippen LogP contribution in [0.3, 0.4) is 0 Å². The number of likely N-dealkylation sites (tertiary alicyclic amines) is 1. The highest BCUT2D eigenvalue weighted by Crippen LogP contribution is 2.29. The van der Waals surface area contributed by atoms with Crippen LogP contribution in [0.15, 0.2) is 10.9 Å². The summed E-state index contributed by atoms with van der Waals surface area (Å²) in [7, 11) is 0. The summed E-state index contributed by atoms with van der Waals surface area (Å²) < 4.78 is 1.51. The Kier molecular flexibility index (Phi) is 5.66. The van der Waals surface area contributed by atoms with E-state index in [9.17, 15) is 14.4 Å². The van der Waals surface area contributed by atoms with Crippen molar-refractivity contribution in [3.63, 3.8) is 0 Å². The Morgan fingerprint density at radius 2 is 2.00 bits per heavy atom. The highest BCUT2D eigenvalue weighted by Gasteiger charge is 2.32. The maximum atomic E-state index is 13.2. The summed E-state index contributed by atoms with van der Waals surface area (Å²) in [6.45, 7) is 10.2. The minimum absolute atomic E-state index is 0.0932. The Morgan fingerprint density at radius 3 is 2.71 bits per heavy atom. The molecule has 0 bridgehead atoms. The van der Waals surface area contributed by atoms with Gasteiger partial charge in [0.2, 0.25) is 11.8 Å². The van der Waals surface area contributed by atoms with Gasteiger partial charge in [-0.05, 0) is 19.3 Å². The smallest absolute Gasteiger partial charge is 0.277 e. The number of hydrogen-bond donors (Lipinski definition) is 1. The molecular formula is C23H33N5O3. The van der Waals surface area contributed by atoms with Crippen molar-refractivity contribution in [1.82, 2.24) is 24.4 Å². The predicted octanol–water partition coefficient (Wildman–Crippen LogP) is 2.46. The van der Waals surface area contributed by atoms with Crippen LogP contribution in [-0.4, -0.2) is 55.8 Å². The Labute approximate surface area is 182 Å². The summed E-state index contributed by atoms with van der Waals surface area (Å²) in [6, 6.07) is 1.95. The number of H-pyrrole nitrogens is 1. The van der Waals surface area contributed by atoms with Crippen molar-refractivity contribution in [2.24, 2.45) is 5.41 Å². The summed E-state index contributed by atoms with van der Waals surface area (Å²) in [5.41, 5.74) is 2.43. The van der Waals surface area contributed by atoms with Crippen LogP contribution >= 0.6 is 0 Å². The minimum atomic E-state index is -0.402. The number of carbonyl (C=O) groups is 2. The highest BCUT2D eigenvalue weighted by molar-refractivity contribution is 5.81. The van der Waals surface area contributed by atoms with Crippen LogP contribution in [0, 0.1) is 5.41 Å². The van der Waals surface area contributed by atoms with E-state index in [0.717, 1.165) is 37.2 Å². The van der Waals surface area contributed by atoms with Crippen LogP contribution in [0.2, 0.25) is 0 Å². The molecule has 0 radical (unpaired) electrons. The lowest BCUT2D eigenvalue weighted by Gasteiger charge is -2.36. The first kappa shape index (κ1) is 21.6. The summed E-state index contributed by atoms with van der Waals surface area (Å²) in [5.74, 6) is 0.410. The van der Waals surface area contributed by atoms with Gasteiger partial charge in [-0.1, -0.05) is 27.7 Å². The zero-order valence-corrected chi connectivity index (χ0v) is 19.0. The highest BCUT2D eigenvalue weighted by atomic mass is 16.2. The number of nitrogens with zero attached hydrogens (tertiary/aromatic N) is 4. The van der Waals surface area contributed by atoms with Crippen molar-refractivity contribution in [1.29, 1.82) is 0 Å². The summed E-state index contributed by atoms with van der Waals surface area (Å²) >= 11 is 0. The average molecular weight is 428 g/mol. The van der Waals surface area contributed by atoms with Gasteiger partial charge in [-0.15, -0.1) is 0 Å². The third-order valence-electron chi connectivity index (χ3n) is 6.39.